The molecule has 0 amide bonds. The molecule has 5 atom stereocenters. The first-order chi connectivity index (χ1) is 6.59. The second-order valence-electron chi connectivity index (χ2n) is 5.93. The zero-order chi connectivity index (χ0) is 10.5. The van der Waals surface area contributed by atoms with Gasteiger partial charge in [-0.05, 0) is 41.4 Å². The normalized spacial score (nSPS) is 51.0. The van der Waals surface area contributed by atoms with Crippen LogP contribution in [-0.2, 0) is 0 Å². The van der Waals surface area contributed by atoms with Gasteiger partial charge in [0.25, 0.3) is 0 Å². The topological polar surface area (TPSA) is 0 Å². The molecule has 0 radical (unpaired) electrons. The first-order valence-electron chi connectivity index (χ1n) is 6.59. The minimum atomic E-state index is 0.744. The largest absolute Gasteiger partial charge is 0.0651 e. The molecule has 14 heavy (non-hydrogen) atoms. The molecule has 0 heteroatoms. The Morgan fingerprint density at radius 2 is 1.64 bits per heavy atom. The number of hydrogen-bond acceptors (Lipinski definition) is 0. The summed E-state index contributed by atoms with van der Waals surface area (Å²) in [5.41, 5.74) is 0.744. The molecule has 3 aliphatic carbocycles. The van der Waals surface area contributed by atoms with Gasteiger partial charge in [0.1, 0.15) is 0 Å². The summed E-state index contributed by atoms with van der Waals surface area (Å²) in [6, 6.07) is 0. The fourth-order valence-corrected chi connectivity index (χ4v) is 5.07. The lowest BCUT2D eigenvalue weighted by Crippen LogP contribution is -2.46. The van der Waals surface area contributed by atoms with Crippen molar-refractivity contribution >= 4 is 0 Å². The highest BCUT2D eigenvalue weighted by Gasteiger charge is 2.66. The van der Waals surface area contributed by atoms with Crippen LogP contribution in [0.1, 0.15) is 53.9 Å². The number of rotatable bonds is 3. The Bertz CT molecular complexity index is 216. The Morgan fingerprint density at radius 3 is 1.93 bits per heavy atom. The summed E-state index contributed by atoms with van der Waals surface area (Å²) in [6.07, 6.45) is 4.33. The van der Waals surface area contributed by atoms with Crippen molar-refractivity contribution in [2.45, 2.75) is 53.9 Å². The average molecular weight is 194 g/mol. The van der Waals surface area contributed by atoms with Crippen LogP contribution in [0.25, 0.3) is 0 Å². The van der Waals surface area contributed by atoms with Gasteiger partial charge in [0.15, 0.2) is 0 Å². The minimum Gasteiger partial charge on any atom is -0.0651 e. The SMILES string of the molecule is CCC(CC)C12CC(C(C)C1C)C2C. The standard InChI is InChI=1S/C14H26/c1-6-12(7-2)14-8-13(11(14)5)9(3)10(14)4/h9-13H,6-8H2,1-5H3. The van der Waals surface area contributed by atoms with Gasteiger partial charge in [0, 0.05) is 0 Å². The quantitative estimate of drug-likeness (QED) is 0.626. The van der Waals surface area contributed by atoms with E-state index >= 15 is 0 Å². The Hall–Kier alpha value is 0. The molecule has 3 rings (SSSR count). The maximum Gasteiger partial charge on any atom is -0.0210 e. The fourth-order valence-electron chi connectivity index (χ4n) is 5.07. The summed E-state index contributed by atoms with van der Waals surface area (Å²) < 4.78 is 0. The molecular weight excluding hydrogens is 168 g/mol. The highest BCUT2D eigenvalue weighted by atomic mass is 14.7. The number of fused-ring (bicyclic) bond motifs is 1. The van der Waals surface area contributed by atoms with Crippen LogP contribution in [0.15, 0.2) is 0 Å². The van der Waals surface area contributed by atoms with E-state index in [1.165, 1.54) is 12.8 Å². The van der Waals surface area contributed by atoms with Crippen molar-refractivity contribution in [3.8, 4) is 0 Å². The van der Waals surface area contributed by atoms with Gasteiger partial charge in [0.2, 0.25) is 0 Å². The maximum absolute atomic E-state index is 2.52. The lowest BCUT2D eigenvalue weighted by atomic mass is 9.52. The van der Waals surface area contributed by atoms with Crippen molar-refractivity contribution in [2.24, 2.45) is 35.0 Å². The average Bonchev–Trinajstić information content (AvgIpc) is 2.54. The lowest BCUT2D eigenvalue weighted by Gasteiger charge is -2.53. The van der Waals surface area contributed by atoms with Gasteiger partial charge >= 0.3 is 0 Å². The van der Waals surface area contributed by atoms with Gasteiger partial charge < -0.3 is 0 Å². The first-order valence-corrected chi connectivity index (χ1v) is 6.59. The third-order valence-electron chi connectivity index (χ3n) is 6.14. The van der Waals surface area contributed by atoms with Gasteiger partial charge in [-0.3, -0.25) is 0 Å². The van der Waals surface area contributed by atoms with E-state index in [1.807, 2.05) is 0 Å². The summed E-state index contributed by atoms with van der Waals surface area (Å²) in [5, 5.41) is 0. The van der Waals surface area contributed by atoms with E-state index in [1.54, 1.807) is 6.42 Å². The van der Waals surface area contributed by atoms with Crippen molar-refractivity contribution in [2.75, 3.05) is 0 Å². The second kappa shape index (κ2) is 3.25. The van der Waals surface area contributed by atoms with Gasteiger partial charge in [-0.15, -0.1) is 0 Å². The Morgan fingerprint density at radius 1 is 1.07 bits per heavy atom. The predicted octanol–water partition coefficient (Wildman–Crippen LogP) is 4.35. The van der Waals surface area contributed by atoms with Crippen molar-refractivity contribution in [1.82, 2.24) is 0 Å². The van der Waals surface area contributed by atoms with Crippen LogP contribution >= 0.6 is 0 Å². The van der Waals surface area contributed by atoms with Crippen LogP contribution in [0.2, 0.25) is 0 Å². The van der Waals surface area contributed by atoms with Crippen LogP contribution in [-0.4, -0.2) is 0 Å². The zero-order valence-electron chi connectivity index (χ0n) is 10.5. The molecular formula is C14H26. The van der Waals surface area contributed by atoms with Crippen molar-refractivity contribution in [3.05, 3.63) is 0 Å². The van der Waals surface area contributed by atoms with E-state index in [9.17, 15) is 0 Å². The Kier molecular flexibility index (Phi) is 2.44. The molecule has 82 valence electrons. The molecule has 5 unspecified atom stereocenters. The molecule has 0 heterocycles. The van der Waals surface area contributed by atoms with Crippen LogP contribution in [0, 0.1) is 35.0 Å². The van der Waals surface area contributed by atoms with E-state index in [0.717, 1.165) is 35.0 Å². The lowest BCUT2D eigenvalue weighted by molar-refractivity contribution is -0.0423. The van der Waals surface area contributed by atoms with Gasteiger partial charge in [-0.2, -0.15) is 0 Å². The molecule has 2 bridgehead atoms. The predicted molar refractivity (Wildman–Crippen MR) is 62.1 cm³/mol. The van der Waals surface area contributed by atoms with Gasteiger partial charge in [-0.1, -0.05) is 47.5 Å². The molecule has 0 spiro atoms. The molecule has 0 saturated heterocycles. The second-order valence-corrected chi connectivity index (χ2v) is 5.93. The summed E-state index contributed by atoms with van der Waals surface area (Å²) in [6.45, 7) is 12.3. The monoisotopic (exact) mass is 194 g/mol. The number of hydrogen-bond donors (Lipinski definition) is 0. The summed E-state index contributed by atoms with van der Waals surface area (Å²) >= 11 is 0. The van der Waals surface area contributed by atoms with Crippen LogP contribution in [0.4, 0.5) is 0 Å². The Labute approximate surface area is 89.5 Å². The van der Waals surface area contributed by atoms with E-state index in [-0.39, 0.29) is 0 Å². The molecule has 0 aromatic carbocycles. The van der Waals surface area contributed by atoms with E-state index in [0.29, 0.717) is 0 Å². The highest BCUT2D eigenvalue weighted by Crippen LogP contribution is 2.72. The summed E-state index contributed by atoms with van der Waals surface area (Å²) in [7, 11) is 0. The van der Waals surface area contributed by atoms with E-state index < -0.39 is 0 Å². The molecule has 3 fully saturated rings. The molecule has 0 aromatic heterocycles. The summed E-state index contributed by atoms with van der Waals surface area (Å²) in [5.74, 6) is 5.04. The van der Waals surface area contributed by atoms with Crippen molar-refractivity contribution in [3.63, 3.8) is 0 Å². The van der Waals surface area contributed by atoms with Gasteiger partial charge in [-0.25, -0.2) is 0 Å². The molecule has 0 N–H and O–H groups in total. The van der Waals surface area contributed by atoms with Crippen molar-refractivity contribution in [1.29, 1.82) is 0 Å². The third kappa shape index (κ3) is 0.955. The smallest absolute Gasteiger partial charge is 0.0210 e. The molecule has 0 aromatic rings. The van der Waals surface area contributed by atoms with Crippen LogP contribution < -0.4 is 0 Å². The molecule has 3 saturated carbocycles. The summed E-state index contributed by atoms with van der Waals surface area (Å²) in [4.78, 5) is 0. The van der Waals surface area contributed by atoms with Crippen molar-refractivity contribution < 1.29 is 0 Å². The highest BCUT2D eigenvalue weighted by molar-refractivity contribution is 5.14. The first kappa shape index (κ1) is 10.5. The fraction of sp³-hybridized carbons (Fsp3) is 1.00. The van der Waals surface area contributed by atoms with Crippen LogP contribution in [0.5, 0.6) is 0 Å². The van der Waals surface area contributed by atoms with E-state index in [4.69, 9.17) is 0 Å². The van der Waals surface area contributed by atoms with E-state index in [2.05, 4.69) is 34.6 Å². The molecule has 0 aliphatic heterocycles. The minimum absolute atomic E-state index is 0.744. The maximum atomic E-state index is 2.52. The van der Waals surface area contributed by atoms with Crippen LogP contribution in [0.3, 0.4) is 0 Å². The molecule has 3 aliphatic rings. The third-order valence-corrected chi connectivity index (χ3v) is 6.14. The Balaban J connectivity index is 2.24. The molecule has 0 nitrogen and oxygen atoms in total. The zero-order valence-corrected chi connectivity index (χ0v) is 10.5. The van der Waals surface area contributed by atoms with Gasteiger partial charge in [0.05, 0.1) is 0 Å².